The Labute approximate surface area is 315 Å². The van der Waals surface area contributed by atoms with Gasteiger partial charge >= 0.3 is 0 Å². The molecule has 2 aromatic heterocycles. The summed E-state index contributed by atoms with van der Waals surface area (Å²) in [4.78, 5) is 7.92. The second-order valence-corrected chi connectivity index (χ2v) is 16.0. The van der Waals surface area contributed by atoms with Crippen molar-refractivity contribution in [3.63, 3.8) is 0 Å². The van der Waals surface area contributed by atoms with Crippen LogP contribution in [0.15, 0.2) is 116 Å². The van der Waals surface area contributed by atoms with E-state index in [0.29, 0.717) is 32.2 Å². The van der Waals surface area contributed by atoms with Crippen LogP contribution in [-0.4, -0.2) is 26.8 Å². The first kappa shape index (κ1) is 38.6. The Bertz CT molecular complexity index is 2290. The van der Waals surface area contributed by atoms with Crippen LogP contribution in [-0.2, 0) is 19.1 Å². The molecule has 0 aliphatic rings. The van der Waals surface area contributed by atoms with Crippen molar-refractivity contribution in [2.24, 2.45) is 0 Å². The van der Waals surface area contributed by atoms with Gasteiger partial charge in [0.15, 0.2) is 0 Å². The number of nitrogens with one attached hydrogen (secondary N) is 1. The number of hydrogen-bond donors (Lipinski definition) is 2. The molecule has 3 N–H and O–H groups in total. The van der Waals surface area contributed by atoms with Gasteiger partial charge in [0.2, 0.25) is 11.8 Å². The maximum absolute atomic E-state index is 12.6. The molecule has 0 aliphatic heterocycles. The Kier molecular flexibility index (Phi) is 13.2. The zero-order chi connectivity index (χ0) is 35.9. The predicted octanol–water partition coefficient (Wildman–Crippen LogP) is 10.6. The highest BCUT2D eigenvalue weighted by atomic mass is 35.7. The lowest BCUT2D eigenvalue weighted by Crippen LogP contribution is -2.13. The summed E-state index contributed by atoms with van der Waals surface area (Å²) >= 11 is 34.6. The summed E-state index contributed by atoms with van der Waals surface area (Å²) in [5.74, 6) is 0.771. The Balaban J connectivity index is 0.000000182. The molecule has 0 aliphatic carbocycles. The van der Waals surface area contributed by atoms with Crippen LogP contribution in [0, 0.1) is 0 Å². The maximum atomic E-state index is 12.6. The Morgan fingerprint density at radius 2 is 1.08 bits per heavy atom. The molecule has 0 saturated carbocycles. The van der Waals surface area contributed by atoms with Gasteiger partial charge in [-0.15, -0.1) is 0 Å². The fourth-order valence-corrected chi connectivity index (χ4v) is 6.66. The zero-order valence-corrected chi connectivity index (χ0v) is 31.0. The molecular weight excluding hydrogens is 825 g/mol. The van der Waals surface area contributed by atoms with Gasteiger partial charge in [-0.2, -0.15) is 0 Å². The number of sulfonamides is 1. The number of oxazole rings is 2. The molecule has 0 atom stereocenters. The lowest BCUT2D eigenvalue weighted by Gasteiger charge is -2.12. The molecule has 0 saturated heterocycles. The minimum atomic E-state index is -3.90. The molecule has 4 aromatic carbocycles. The quantitative estimate of drug-likeness (QED) is 0.123. The normalized spacial score (nSPS) is 11.2. The molecule has 0 bridgehead atoms. The van der Waals surface area contributed by atoms with Crippen molar-refractivity contribution in [1.82, 2.24) is 9.97 Å². The Morgan fingerprint density at radius 1 is 0.592 bits per heavy atom. The number of nitrogen functional groups attached to an aromatic ring is 1. The van der Waals surface area contributed by atoms with Crippen LogP contribution >= 0.6 is 80.3 Å². The summed E-state index contributed by atoms with van der Waals surface area (Å²) in [5, 5.41) is 1.82. The van der Waals surface area contributed by atoms with E-state index < -0.39 is 19.1 Å². The number of aromatic nitrogens is 2. The molecule has 10 nitrogen and oxygen atoms in total. The van der Waals surface area contributed by atoms with E-state index in [4.69, 9.17) is 94.9 Å². The van der Waals surface area contributed by atoms with Crippen molar-refractivity contribution in [2.75, 3.05) is 10.5 Å². The van der Waals surface area contributed by atoms with E-state index in [1.165, 1.54) is 61.2 Å². The van der Waals surface area contributed by atoms with Crippen LogP contribution in [0.5, 0.6) is 0 Å². The fourth-order valence-electron chi connectivity index (χ4n) is 3.70. The third-order valence-corrected chi connectivity index (χ3v) is 10.6. The minimum absolute atomic E-state index is 0.0322. The average molecular weight is 844 g/mol. The molecule has 0 radical (unpaired) electrons. The third-order valence-electron chi connectivity index (χ3n) is 5.94. The molecule has 256 valence electrons. The van der Waals surface area contributed by atoms with Gasteiger partial charge in [-0.1, -0.05) is 69.6 Å². The first-order valence-corrected chi connectivity index (χ1v) is 19.1. The number of hydrogen-bond acceptors (Lipinski definition) is 9. The van der Waals surface area contributed by atoms with Crippen molar-refractivity contribution in [3.05, 3.63) is 128 Å². The third kappa shape index (κ3) is 10.7. The van der Waals surface area contributed by atoms with Gasteiger partial charge in [0.25, 0.3) is 19.1 Å². The van der Waals surface area contributed by atoms with E-state index in [-0.39, 0.29) is 36.4 Å². The van der Waals surface area contributed by atoms with E-state index in [2.05, 4.69) is 14.7 Å². The molecule has 2 heterocycles. The summed E-state index contributed by atoms with van der Waals surface area (Å²) in [7, 11) is -2.56. The van der Waals surface area contributed by atoms with Crippen LogP contribution < -0.4 is 10.5 Å². The molecule has 0 unspecified atom stereocenters. The molecule has 0 fully saturated rings. The monoisotopic (exact) mass is 840 g/mol. The number of nitrogens with two attached hydrogens (primary N) is 1. The summed E-state index contributed by atoms with van der Waals surface area (Å²) < 4.78 is 59.5. The Morgan fingerprint density at radius 3 is 1.57 bits per heavy atom. The van der Waals surface area contributed by atoms with Crippen molar-refractivity contribution in [2.45, 2.75) is 9.79 Å². The SMILES string of the molecule is Nc1cc(Cl)ccc1-c1ncco1.O=S(=O)(Cl)c1ccc(Cl)c(Cl)c1.O=S(=O)(Nc1cc(Cl)ccc1-c1ncco1)c1ccc(Cl)c(Cl)c1. The first-order valence-electron chi connectivity index (χ1n) is 13.1. The van der Waals surface area contributed by atoms with Crippen molar-refractivity contribution in [3.8, 4) is 22.9 Å². The highest BCUT2D eigenvalue weighted by Gasteiger charge is 2.20. The van der Waals surface area contributed by atoms with E-state index in [0.717, 1.165) is 5.56 Å². The molecule has 0 amide bonds. The molecule has 49 heavy (non-hydrogen) atoms. The van der Waals surface area contributed by atoms with Crippen molar-refractivity contribution in [1.29, 1.82) is 0 Å². The number of halogens is 7. The lowest BCUT2D eigenvalue weighted by atomic mass is 10.2. The number of rotatable bonds is 6. The summed E-state index contributed by atoms with van der Waals surface area (Å²) in [5.41, 5.74) is 7.74. The van der Waals surface area contributed by atoms with Gasteiger partial charge in [-0.25, -0.2) is 26.8 Å². The van der Waals surface area contributed by atoms with Crippen molar-refractivity contribution < 1.29 is 25.7 Å². The minimum Gasteiger partial charge on any atom is -0.444 e. The smallest absolute Gasteiger partial charge is 0.261 e. The van der Waals surface area contributed by atoms with Gasteiger partial charge in [-0.3, -0.25) is 4.72 Å². The van der Waals surface area contributed by atoms with E-state index in [1.54, 1.807) is 36.5 Å². The summed E-state index contributed by atoms with van der Waals surface area (Å²) in [6, 6.07) is 17.8. The van der Waals surface area contributed by atoms with Gasteiger partial charge in [0, 0.05) is 26.4 Å². The first-order chi connectivity index (χ1) is 23.0. The van der Waals surface area contributed by atoms with Crippen molar-refractivity contribution >= 4 is 111 Å². The molecule has 6 aromatic rings. The second kappa shape index (κ2) is 16.7. The highest BCUT2D eigenvalue weighted by molar-refractivity contribution is 8.13. The Hall–Kier alpha value is -3.17. The van der Waals surface area contributed by atoms with Gasteiger partial charge in [0.05, 0.1) is 59.1 Å². The fraction of sp³-hybridized carbons (Fsp3) is 0. The molecular formula is C30H19Cl7N4O6S2. The maximum Gasteiger partial charge on any atom is 0.261 e. The van der Waals surface area contributed by atoms with Crippen LogP contribution in [0.25, 0.3) is 22.9 Å². The summed E-state index contributed by atoms with van der Waals surface area (Å²) in [6.45, 7) is 0. The van der Waals surface area contributed by atoms with Gasteiger partial charge < -0.3 is 14.6 Å². The summed E-state index contributed by atoms with van der Waals surface area (Å²) in [6.07, 6.45) is 5.93. The average Bonchev–Trinajstić information content (AvgIpc) is 3.76. The largest absolute Gasteiger partial charge is 0.444 e. The van der Waals surface area contributed by atoms with E-state index in [9.17, 15) is 16.8 Å². The highest BCUT2D eigenvalue weighted by Crippen LogP contribution is 2.33. The number of benzene rings is 4. The standard InChI is InChI=1S/C15H9Cl3N2O3S.C9H7ClN2O.C6H3Cl3O2S/c16-9-1-3-11(15-19-5-6-23-15)14(7-9)20-24(21,22)10-2-4-12(17)13(18)8-10;10-6-1-2-7(8(11)5-6)9-12-3-4-13-9;7-5-2-1-4(3-6(5)8)12(9,10)11/h1-8,20H;1-5H,11H2;1-3H. The van der Waals surface area contributed by atoms with E-state index in [1.807, 2.05) is 0 Å². The number of anilines is 2. The number of nitrogens with zero attached hydrogens (tertiary/aromatic N) is 2. The molecule has 0 spiro atoms. The van der Waals surface area contributed by atoms with E-state index >= 15 is 0 Å². The van der Waals surface area contributed by atoms with Crippen LogP contribution in [0.3, 0.4) is 0 Å². The second-order valence-electron chi connectivity index (χ2n) is 9.29. The molecule has 6 rings (SSSR count). The predicted molar refractivity (Wildman–Crippen MR) is 195 cm³/mol. The van der Waals surface area contributed by atoms with Crippen LogP contribution in [0.4, 0.5) is 11.4 Å². The van der Waals surface area contributed by atoms with Crippen LogP contribution in [0.1, 0.15) is 0 Å². The molecule has 19 heteroatoms. The van der Waals surface area contributed by atoms with Crippen LogP contribution in [0.2, 0.25) is 30.1 Å². The van der Waals surface area contributed by atoms with Gasteiger partial charge in [-0.05, 0) is 72.8 Å². The zero-order valence-electron chi connectivity index (χ0n) is 24.1. The van der Waals surface area contributed by atoms with Gasteiger partial charge in [0.1, 0.15) is 12.5 Å². The topological polar surface area (TPSA) is 158 Å². The lowest BCUT2D eigenvalue weighted by molar-refractivity contribution is 0.574.